The molecule has 2 aliphatic carbocycles. The maximum atomic E-state index is 4.17. The molecule has 64 heavy (non-hydrogen) atoms. The average Bonchev–Trinajstić information content (AvgIpc) is 3.80. The standard InChI is InChI=1S/C35H34S.C13H12.C8H12.C7H8/c1-7-24-22(4)19-30-33(25(24)8-2)27-17-16-23(20-29(27)35(30,5)6)18-21(3)26-13-11-15-32-34(26)28-12-9-10-14-31(28)36-32;1-11-7-9-13(10-8-11)12-5-3-2-4-6-12;1-4-7-8(5-2)6-3;1-7-5-3-2-4-6-7/h7-10,12-14,16-17,19-21H,1-2,11,15,18H2,3-6H3;2-10H,1H3;4-5,7H,1-2,6H2,3H3;2-6H,1H3/b;;8-7+;. The van der Waals surface area contributed by atoms with Crippen LogP contribution >= 0.6 is 11.3 Å². The molecule has 6 aromatic carbocycles. The first kappa shape index (κ1) is 47.2. The summed E-state index contributed by atoms with van der Waals surface area (Å²) in [6, 6.07) is 47.8. The van der Waals surface area contributed by atoms with E-state index >= 15 is 0 Å². The first-order valence-electron chi connectivity index (χ1n) is 22.8. The number of aryl methyl sites for hydroxylation is 4. The molecule has 0 fully saturated rings. The van der Waals surface area contributed by atoms with Crippen molar-refractivity contribution in [1.82, 2.24) is 0 Å². The van der Waals surface area contributed by atoms with Gasteiger partial charge in [0.15, 0.2) is 0 Å². The van der Waals surface area contributed by atoms with E-state index in [0.717, 1.165) is 19.3 Å². The molecule has 0 saturated heterocycles. The number of allylic oxidation sites excluding steroid dienone is 6. The topological polar surface area (TPSA) is 0 Å². The summed E-state index contributed by atoms with van der Waals surface area (Å²) in [6.07, 6.45) is 16.5. The lowest BCUT2D eigenvalue weighted by Gasteiger charge is -2.24. The van der Waals surface area contributed by atoms with Gasteiger partial charge in [-0.1, -0.05) is 229 Å². The number of rotatable bonds is 9. The molecule has 9 rings (SSSR count). The van der Waals surface area contributed by atoms with Crippen LogP contribution in [-0.2, 0) is 18.3 Å². The van der Waals surface area contributed by atoms with Gasteiger partial charge in [0.05, 0.1) is 0 Å². The fraction of sp³-hybridized carbons (Fsp3) is 0.206. The van der Waals surface area contributed by atoms with Gasteiger partial charge in [0.25, 0.3) is 0 Å². The summed E-state index contributed by atoms with van der Waals surface area (Å²) in [5.41, 5.74) is 20.1. The van der Waals surface area contributed by atoms with Gasteiger partial charge in [0.2, 0.25) is 0 Å². The van der Waals surface area contributed by atoms with Crippen molar-refractivity contribution in [2.75, 3.05) is 0 Å². The minimum absolute atomic E-state index is 0.0348. The maximum Gasteiger partial charge on any atom is 0.0352 e. The number of thiophene rings is 1. The van der Waals surface area contributed by atoms with Crippen LogP contribution in [-0.4, -0.2) is 0 Å². The molecule has 0 amide bonds. The van der Waals surface area contributed by atoms with Crippen molar-refractivity contribution >= 4 is 39.1 Å². The van der Waals surface area contributed by atoms with Crippen LogP contribution in [0.4, 0.5) is 0 Å². The Kier molecular flexibility index (Phi) is 16.1. The summed E-state index contributed by atoms with van der Waals surface area (Å²) >= 11 is 1.99. The van der Waals surface area contributed by atoms with Crippen LogP contribution in [0, 0.1) is 26.7 Å². The van der Waals surface area contributed by atoms with Crippen molar-refractivity contribution in [3.05, 3.63) is 245 Å². The predicted octanol–water partition coefficient (Wildman–Crippen LogP) is 18.4. The van der Waals surface area contributed by atoms with E-state index in [0.29, 0.717) is 5.92 Å². The first-order valence-corrected chi connectivity index (χ1v) is 23.6. The molecule has 0 nitrogen and oxygen atoms in total. The van der Waals surface area contributed by atoms with Crippen molar-refractivity contribution in [3.8, 4) is 22.3 Å². The second kappa shape index (κ2) is 21.9. The van der Waals surface area contributed by atoms with E-state index in [1.165, 1.54) is 100.0 Å². The quantitative estimate of drug-likeness (QED) is 0.127. The smallest absolute Gasteiger partial charge is 0.0352 e. The number of benzene rings is 6. The van der Waals surface area contributed by atoms with Crippen LogP contribution in [0.25, 0.3) is 50.1 Å². The summed E-state index contributed by atoms with van der Waals surface area (Å²) in [5, 5.41) is 1.44. The molecular formula is C63H66S. The molecule has 0 N–H and O–H groups in total. The summed E-state index contributed by atoms with van der Waals surface area (Å²) in [5.74, 6) is 0.477. The van der Waals surface area contributed by atoms with Gasteiger partial charge < -0.3 is 0 Å². The zero-order valence-corrected chi connectivity index (χ0v) is 40.1. The Hall–Kier alpha value is -6.28. The SMILES string of the molecule is C=C/C=C(\C=C)CC.C=Cc1c(C)cc2c(c1C=C)-c1ccc(CC(C)C3=CCCc4sc5ccccc5c43)cc1C2(C)C.Cc1ccc(-c2ccccc2)cc1.Cc1ccccc1. The van der Waals surface area contributed by atoms with Gasteiger partial charge in [-0.3, -0.25) is 0 Å². The Morgan fingerprint density at radius 1 is 0.688 bits per heavy atom. The van der Waals surface area contributed by atoms with Crippen LogP contribution in [0.1, 0.15) is 95.5 Å². The van der Waals surface area contributed by atoms with E-state index in [9.17, 15) is 0 Å². The van der Waals surface area contributed by atoms with Crippen LogP contribution < -0.4 is 0 Å². The third-order valence-electron chi connectivity index (χ3n) is 12.6. The van der Waals surface area contributed by atoms with Crippen LogP contribution in [0.3, 0.4) is 0 Å². The molecule has 0 aliphatic heterocycles. The third kappa shape index (κ3) is 10.7. The minimum atomic E-state index is -0.0348. The zero-order chi connectivity index (χ0) is 45.8. The lowest BCUT2D eigenvalue weighted by atomic mass is 9.79. The van der Waals surface area contributed by atoms with Gasteiger partial charge in [0, 0.05) is 20.4 Å². The third-order valence-corrected chi connectivity index (χ3v) is 13.8. The molecule has 1 heterocycles. The molecule has 7 aromatic rings. The second-order valence-electron chi connectivity index (χ2n) is 17.5. The van der Waals surface area contributed by atoms with Gasteiger partial charge in [-0.05, 0) is 131 Å². The fourth-order valence-corrected chi connectivity index (χ4v) is 10.3. The first-order chi connectivity index (χ1) is 30.9. The van der Waals surface area contributed by atoms with Crippen LogP contribution in [0.15, 0.2) is 190 Å². The molecule has 0 radical (unpaired) electrons. The minimum Gasteiger partial charge on any atom is -0.140 e. The Balaban J connectivity index is 0.000000196. The molecule has 324 valence electrons. The molecule has 1 atom stereocenters. The van der Waals surface area contributed by atoms with Gasteiger partial charge in [-0.25, -0.2) is 0 Å². The molecular weight excluding hydrogens is 789 g/mol. The van der Waals surface area contributed by atoms with Crippen LogP contribution in [0.2, 0.25) is 0 Å². The lowest BCUT2D eigenvalue weighted by molar-refractivity contribution is 0.656. The summed E-state index contributed by atoms with van der Waals surface area (Å²) < 4.78 is 1.42. The molecule has 1 heteroatoms. The Labute approximate surface area is 389 Å². The highest BCUT2D eigenvalue weighted by atomic mass is 32.1. The van der Waals surface area contributed by atoms with Crippen molar-refractivity contribution in [2.45, 2.75) is 79.6 Å². The van der Waals surface area contributed by atoms with E-state index in [1.54, 1.807) is 11.0 Å². The van der Waals surface area contributed by atoms with E-state index in [-0.39, 0.29) is 5.41 Å². The Bertz CT molecular complexity index is 2780. The van der Waals surface area contributed by atoms with E-state index in [2.05, 4.69) is 190 Å². The highest BCUT2D eigenvalue weighted by Gasteiger charge is 2.37. The molecule has 0 spiro atoms. The van der Waals surface area contributed by atoms with Crippen molar-refractivity contribution in [3.63, 3.8) is 0 Å². The number of hydrogen-bond acceptors (Lipinski definition) is 1. The normalized spacial score (nSPS) is 13.4. The summed E-state index contributed by atoms with van der Waals surface area (Å²) in [4.78, 5) is 1.57. The van der Waals surface area contributed by atoms with Gasteiger partial charge in [-0.15, -0.1) is 11.3 Å². The van der Waals surface area contributed by atoms with Crippen molar-refractivity contribution < 1.29 is 0 Å². The van der Waals surface area contributed by atoms with Gasteiger partial charge >= 0.3 is 0 Å². The number of fused-ring (bicyclic) bond motifs is 6. The van der Waals surface area contributed by atoms with Crippen molar-refractivity contribution in [2.24, 2.45) is 5.92 Å². The fourth-order valence-electron chi connectivity index (χ4n) is 9.08. The molecule has 2 aliphatic rings. The molecule has 0 saturated carbocycles. The largest absolute Gasteiger partial charge is 0.140 e. The Morgan fingerprint density at radius 2 is 1.31 bits per heavy atom. The Morgan fingerprint density at radius 3 is 1.91 bits per heavy atom. The van der Waals surface area contributed by atoms with Gasteiger partial charge in [-0.2, -0.15) is 0 Å². The highest BCUT2D eigenvalue weighted by Crippen LogP contribution is 2.52. The van der Waals surface area contributed by atoms with E-state index in [1.807, 2.05) is 59.9 Å². The van der Waals surface area contributed by atoms with E-state index in [4.69, 9.17) is 0 Å². The van der Waals surface area contributed by atoms with Crippen molar-refractivity contribution in [1.29, 1.82) is 0 Å². The van der Waals surface area contributed by atoms with E-state index < -0.39 is 0 Å². The lowest BCUT2D eigenvalue weighted by Crippen LogP contribution is -2.16. The van der Waals surface area contributed by atoms with Crippen LogP contribution in [0.5, 0.6) is 0 Å². The summed E-state index contributed by atoms with van der Waals surface area (Å²) in [7, 11) is 0. The highest BCUT2D eigenvalue weighted by molar-refractivity contribution is 7.19. The van der Waals surface area contributed by atoms with Gasteiger partial charge in [0.1, 0.15) is 0 Å². The molecule has 1 aromatic heterocycles. The second-order valence-corrected chi connectivity index (χ2v) is 18.6. The average molecular weight is 855 g/mol. The zero-order valence-electron chi connectivity index (χ0n) is 39.3. The predicted molar refractivity (Wildman–Crippen MR) is 286 cm³/mol. The molecule has 0 bridgehead atoms. The monoisotopic (exact) mass is 854 g/mol. The summed E-state index contributed by atoms with van der Waals surface area (Å²) in [6.45, 7) is 31.1. The number of hydrogen-bond donors (Lipinski definition) is 0. The maximum absolute atomic E-state index is 4.17. The molecule has 1 unspecified atom stereocenters.